The van der Waals surface area contributed by atoms with Crippen LogP contribution >= 0.6 is 15.9 Å². The summed E-state index contributed by atoms with van der Waals surface area (Å²) in [5, 5.41) is 4.89. The fourth-order valence-electron chi connectivity index (χ4n) is 5.20. The molecule has 0 saturated heterocycles. The Morgan fingerprint density at radius 2 is 1.57 bits per heavy atom. The number of nitrogens with zero attached hydrogens (tertiary/aromatic N) is 2. The van der Waals surface area contributed by atoms with Crippen molar-refractivity contribution in [1.29, 1.82) is 0 Å². The molecular weight excluding hydrogens is 566 g/mol. The van der Waals surface area contributed by atoms with Crippen LogP contribution in [0.1, 0.15) is 42.3 Å². The molecule has 6 nitrogen and oxygen atoms in total. The van der Waals surface area contributed by atoms with E-state index in [1.807, 2.05) is 106 Å². The van der Waals surface area contributed by atoms with Crippen LogP contribution in [0.15, 0.2) is 95.5 Å². The molecule has 0 unspecified atom stereocenters. The summed E-state index contributed by atoms with van der Waals surface area (Å²) >= 11 is 3.52. The van der Waals surface area contributed by atoms with Crippen LogP contribution in [-0.2, 0) is 22.6 Å². The van der Waals surface area contributed by atoms with Crippen LogP contribution in [0.3, 0.4) is 0 Å². The molecule has 5 rings (SSSR count). The number of halogens is 1. The number of amides is 3. The van der Waals surface area contributed by atoms with Gasteiger partial charge in [-0.05, 0) is 61.5 Å². The van der Waals surface area contributed by atoms with Crippen molar-refractivity contribution in [3.05, 3.63) is 112 Å². The van der Waals surface area contributed by atoms with Crippen molar-refractivity contribution in [2.45, 2.75) is 45.3 Å². The standard InChI is InChI=1S/C33H32BrN3O3/c1-33(2,3)35-31(39)28(19-22-10-5-4-6-11-22)36(20-23-12-7-15-25(34)18-23)29(38)21-37-27-17-9-14-24-13-8-16-26(30(24)27)32(37)40/h4-18,28H,19-21H2,1-3H3,(H,35,39)/t28-/m0/s1. The summed E-state index contributed by atoms with van der Waals surface area (Å²) in [6.45, 7) is 5.81. The van der Waals surface area contributed by atoms with Crippen molar-refractivity contribution in [2.75, 3.05) is 11.4 Å². The quantitative estimate of drug-likeness (QED) is 0.266. The lowest BCUT2D eigenvalue weighted by atomic mass is 10.0. The summed E-state index contributed by atoms with van der Waals surface area (Å²) in [5.74, 6) is -0.748. The second-order valence-electron chi connectivity index (χ2n) is 11.2. The van der Waals surface area contributed by atoms with Crippen LogP contribution in [0, 0.1) is 0 Å². The third-order valence-corrected chi connectivity index (χ3v) is 7.45. The van der Waals surface area contributed by atoms with Crippen molar-refractivity contribution in [2.24, 2.45) is 0 Å². The maximum atomic E-state index is 14.2. The van der Waals surface area contributed by atoms with E-state index >= 15 is 0 Å². The average Bonchev–Trinajstić information content (AvgIpc) is 3.18. The maximum Gasteiger partial charge on any atom is 0.259 e. The lowest BCUT2D eigenvalue weighted by Gasteiger charge is -2.34. The first-order valence-electron chi connectivity index (χ1n) is 13.3. The Kier molecular flexibility index (Phi) is 7.76. The molecule has 4 aromatic carbocycles. The Hall–Kier alpha value is -3.97. The highest BCUT2D eigenvalue weighted by Crippen LogP contribution is 2.37. The fourth-order valence-corrected chi connectivity index (χ4v) is 5.65. The number of nitrogens with one attached hydrogen (secondary N) is 1. The molecule has 1 heterocycles. The highest BCUT2D eigenvalue weighted by atomic mass is 79.9. The Balaban J connectivity index is 1.53. The van der Waals surface area contributed by atoms with Crippen LogP contribution in [0.5, 0.6) is 0 Å². The summed E-state index contributed by atoms with van der Waals surface area (Å²) in [6.07, 6.45) is 0.340. The van der Waals surface area contributed by atoms with Crippen LogP contribution in [-0.4, -0.2) is 40.7 Å². The second kappa shape index (κ2) is 11.3. The van der Waals surface area contributed by atoms with Crippen molar-refractivity contribution in [1.82, 2.24) is 10.2 Å². The van der Waals surface area contributed by atoms with Gasteiger partial charge in [-0.3, -0.25) is 19.3 Å². The molecule has 0 radical (unpaired) electrons. The summed E-state index contributed by atoms with van der Waals surface area (Å²) in [5.41, 5.74) is 2.64. The van der Waals surface area contributed by atoms with Gasteiger partial charge in [-0.1, -0.05) is 82.7 Å². The van der Waals surface area contributed by atoms with Crippen LogP contribution < -0.4 is 10.2 Å². The maximum absolute atomic E-state index is 14.2. The average molecular weight is 599 g/mol. The number of hydrogen-bond acceptors (Lipinski definition) is 3. The number of carbonyl (C=O) groups excluding carboxylic acids is 3. The molecule has 0 spiro atoms. The topological polar surface area (TPSA) is 69.7 Å². The zero-order chi connectivity index (χ0) is 28.4. The van der Waals surface area contributed by atoms with Gasteiger partial charge in [0.25, 0.3) is 5.91 Å². The van der Waals surface area contributed by atoms with Gasteiger partial charge in [-0.15, -0.1) is 0 Å². The molecule has 204 valence electrons. The first-order valence-corrected chi connectivity index (χ1v) is 14.1. The van der Waals surface area contributed by atoms with Crippen LogP contribution in [0.2, 0.25) is 0 Å². The molecule has 0 aliphatic carbocycles. The highest BCUT2D eigenvalue weighted by Gasteiger charge is 2.36. The summed E-state index contributed by atoms with van der Waals surface area (Å²) < 4.78 is 0.882. The Morgan fingerprint density at radius 3 is 2.27 bits per heavy atom. The summed E-state index contributed by atoms with van der Waals surface area (Å²) in [6, 6.07) is 28.0. The van der Waals surface area contributed by atoms with Crippen molar-refractivity contribution >= 4 is 50.1 Å². The molecule has 0 fully saturated rings. The summed E-state index contributed by atoms with van der Waals surface area (Å²) in [4.78, 5) is 44.7. The highest BCUT2D eigenvalue weighted by molar-refractivity contribution is 9.10. The first-order chi connectivity index (χ1) is 19.1. The number of benzene rings is 4. The third-order valence-electron chi connectivity index (χ3n) is 6.95. The minimum absolute atomic E-state index is 0.172. The van der Waals surface area contributed by atoms with Gasteiger partial charge in [0, 0.05) is 33.9 Å². The lowest BCUT2D eigenvalue weighted by molar-refractivity contribution is -0.140. The second-order valence-corrected chi connectivity index (χ2v) is 12.1. The van der Waals surface area contributed by atoms with E-state index in [-0.39, 0.29) is 30.8 Å². The van der Waals surface area contributed by atoms with Crippen molar-refractivity contribution < 1.29 is 14.4 Å². The first kappa shape index (κ1) is 27.6. The lowest BCUT2D eigenvalue weighted by Crippen LogP contribution is -2.56. The van der Waals surface area contributed by atoms with E-state index in [1.54, 1.807) is 11.0 Å². The minimum atomic E-state index is -0.788. The van der Waals surface area contributed by atoms with E-state index in [4.69, 9.17) is 0 Å². The fraction of sp³-hybridized carbons (Fsp3) is 0.242. The molecule has 1 aliphatic rings. The molecule has 0 saturated carbocycles. The summed E-state index contributed by atoms with van der Waals surface area (Å²) in [7, 11) is 0. The van der Waals surface area contributed by atoms with Gasteiger partial charge in [0.15, 0.2) is 0 Å². The number of carbonyl (C=O) groups is 3. The van der Waals surface area contributed by atoms with Crippen molar-refractivity contribution in [3.63, 3.8) is 0 Å². The molecule has 0 aromatic heterocycles. The SMILES string of the molecule is CC(C)(C)NC(=O)[C@H](Cc1ccccc1)N(Cc1cccc(Br)c1)C(=O)CN1C(=O)c2cccc3cccc1c23. The molecule has 3 amide bonds. The zero-order valence-electron chi connectivity index (χ0n) is 22.9. The van der Waals surface area contributed by atoms with E-state index < -0.39 is 11.6 Å². The minimum Gasteiger partial charge on any atom is -0.350 e. The Bertz CT molecular complexity index is 1570. The van der Waals surface area contributed by atoms with E-state index in [2.05, 4.69) is 21.2 Å². The zero-order valence-corrected chi connectivity index (χ0v) is 24.4. The largest absolute Gasteiger partial charge is 0.350 e. The van der Waals surface area contributed by atoms with Gasteiger partial charge < -0.3 is 10.2 Å². The van der Waals surface area contributed by atoms with Gasteiger partial charge in [0.05, 0.1) is 5.69 Å². The number of rotatable bonds is 8. The van der Waals surface area contributed by atoms with E-state index in [1.165, 1.54) is 4.90 Å². The van der Waals surface area contributed by atoms with Gasteiger partial charge in [-0.25, -0.2) is 0 Å². The Labute approximate surface area is 243 Å². The van der Waals surface area contributed by atoms with E-state index in [9.17, 15) is 14.4 Å². The van der Waals surface area contributed by atoms with Gasteiger partial charge in [-0.2, -0.15) is 0 Å². The number of hydrogen-bond donors (Lipinski definition) is 1. The van der Waals surface area contributed by atoms with Gasteiger partial charge in [0.1, 0.15) is 12.6 Å². The van der Waals surface area contributed by atoms with Gasteiger partial charge in [0.2, 0.25) is 11.8 Å². The predicted octanol–water partition coefficient (Wildman–Crippen LogP) is 6.12. The monoisotopic (exact) mass is 597 g/mol. The molecule has 1 N–H and O–H groups in total. The van der Waals surface area contributed by atoms with Gasteiger partial charge >= 0.3 is 0 Å². The van der Waals surface area contributed by atoms with E-state index in [0.29, 0.717) is 17.7 Å². The molecule has 4 aromatic rings. The normalized spacial score (nSPS) is 13.4. The molecule has 1 aliphatic heterocycles. The molecule has 1 atom stereocenters. The third kappa shape index (κ3) is 5.94. The molecule has 0 bridgehead atoms. The molecular formula is C33H32BrN3O3. The predicted molar refractivity (Wildman–Crippen MR) is 162 cm³/mol. The van der Waals surface area contributed by atoms with E-state index in [0.717, 1.165) is 26.4 Å². The van der Waals surface area contributed by atoms with Crippen LogP contribution in [0.25, 0.3) is 10.8 Å². The smallest absolute Gasteiger partial charge is 0.259 e. The number of anilines is 1. The molecule has 40 heavy (non-hydrogen) atoms. The Morgan fingerprint density at radius 1 is 0.900 bits per heavy atom. The van der Waals surface area contributed by atoms with Crippen molar-refractivity contribution in [3.8, 4) is 0 Å². The molecule has 7 heteroatoms. The van der Waals surface area contributed by atoms with Crippen LogP contribution in [0.4, 0.5) is 5.69 Å².